The van der Waals surface area contributed by atoms with Crippen molar-refractivity contribution < 1.29 is 4.79 Å². The summed E-state index contributed by atoms with van der Waals surface area (Å²) in [4.78, 5) is 16.5. The molecule has 0 radical (unpaired) electrons. The third kappa shape index (κ3) is 3.74. The second kappa shape index (κ2) is 6.46. The molecule has 3 heterocycles. The van der Waals surface area contributed by atoms with E-state index in [-0.39, 0.29) is 11.9 Å². The van der Waals surface area contributed by atoms with Crippen molar-refractivity contribution in [3.05, 3.63) is 5.82 Å². The zero-order valence-corrected chi connectivity index (χ0v) is 13.2. The van der Waals surface area contributed by atoms with E-state index in [4.69, 9.17) is 6.42 Å². The van der Waals surface area contributed by atoms with E-state index in [1.807, 2.05) is 0 Å². The van der Waals surface area contributed by atoms with Crippen LogP contribution in [0.25, 0.3) is 0 Å². The summed E-state index contributed by atoms with van der Waals surface area (Å²) in [5, 5.41) is 18.6. The van der Waals surface area contributed by atoms with Gasteiger partial charge in [0.15, 0.2) is 11.5 Å². The first-order valence-corrected chi connectivity index (χ1v) is 7.94. The minimum Gasteiger partial charge on any atom is -0.307 e. The number of hydrogen-bond donors (Lipinski definition) is 2. The molecule has 0 saturated carbocycles. The number of hydrogen-bond acceptors (Lipinski definition) is 6. The van der Waals surface area contributed by atoms with Crippen LogP contribution in [0.5, 0.6) is 0 Å². The minimum absolute atomic E-state index is 0.108. The summed E-state index contributed by atoms with van der Waals surface area (Å²) in [5.74, 6) is 3.68. The highest BCUT2D eigenvalue weighted by Crippen LogP contribution is 2.37. The van der Waals surface area contributed by atoms with Crippen LogP contribution >= 0.6 is 0 Å². The highest BCUT2D eigenvalue weighted by atomic mass is 16.1. The van der Waals surface area contributed by atoms with Crippen molar-refractivity contribution in [1.29, 1.82) is 0 Å². The number of aryl methyl sites for hydroxylation is 1. The van der Waals surface area contributed by atoms with Gasteiger partial charge in [-0.15, -0.1) is 12.3 Å². The molecule has 2 N–H and O–H groups in total. The lowest BCUT2D eigenvalue weighted by molar-refractivity contribution is -0.116. The summed E-state index contributed by atoms with van der Waals surface area (Å²) in [7, 11) is 1.78. The SMILES string of the molecule is C#CCCC1(CCC(=O)Nc2nc([C@H]3CCCN3)nn2C)N=N1. The van der Waals surface area contributed by atoms with Crippen LogP contribution in [0.1, 0.15) is 50.4 Å². The van der Waals surface area contributed by atoms with E-state index in [1.54, 1.807) is 11.7 Å². The number of aromatic nitrogens is 3. The molecule has 0 aliphatic carbocycles. The van der Waals surface area contributed by atoms with Crippen molar-refractivity contribution in [2.75, 3.05) is 11.9 Å². The Hall–Kier alpha value is -2.27. The van der Waals surface area contributed by atoms with Gasteiger partial charge in [0.2, 0.25) is 11.9 Å². The predicted octanol–water partition coefficient (Wildman–Crippen LogP) is 1.53. The monoisotopic (exact) mass is 315 g/mol. The maximum Gasteiger partial charge on any atom is 0.227 e. The van der Waals surface area contributed by atoms with Gasteiger partial charge in [0, 0.05) is 32.7 Å². The van der Waals surface area contributed by atoms with E-state index >= 15 is 0 Å². The normalized spacial score (nSPS) is 21.1. The van der Waals surface area contributed by atoms with Gasteiger partial charge in [-0.3, -0.25) is 10.1 Å². The summed E-state index contributed by atoms with van der Waals surface area (Å²) in [5.41, 5.74) is -0.428. The molecule has 1 amide bonds. The number of amides is 1. The van der Waals surface area contributed by atoms with Crippen molar-refractivity contribution >= 4 is 11.9 Å². The van der Waals surface area contributed by atoms with E-state index in [0.29, 0.717) is 31.6 Å². The molecule has 1 aromatic heterocycles. The van der Waals surface area contributed by atoms with Crippen LogP contribution in [-0.2, 0) is 11.8 Å². The van der Waals surface area contributed by atoms with Crippen molar-refractivity contribution in [3.63, 3.8) is 0 Å². The first-order valence-electron chi connectivity index (χ1n) is 7.94. The fraction of sp³-hybridized carbons (Fsp3) is 0.667. The Kier molecular flexibility index (Phi) is 4.39. The molecule has 3 rings (SSSR count). The molecule has 1 aromatic rings. The van der Waals surface area contributed by atoms with Crippen LogP contribution in [0.2, 0.25) is 0 Å². The maximum atomic E-state index is 12.1. The fourth-order valence-corrected chi connectivity index (χ4v) is 2.73. The maximum absolute atomic E-state index is 12.1. The van der Waals surface area contributed by atoms with Crippen LogP contribution in [0.15, 0.2) is 10.2 Å². The van der Waals surface area contributed by atoms with Crippen LogP contribution in [0, 0.1) is 12.3 Å². The summed E-state index contributed by atoms with van der Waals surface area (Å²) in [6.45, 7) is 0.983. The molecule has 2 aliphatic heterocycles. The van der Waals surface area contributed by atoms with Crippen molar-refractivity contribution in [3.8, 4) is 12.3 Å². The number of nitrogens with one attached hydrogen (secondary N) is 2. The summed E-state index contributed by atoms with van der Waals surface area (Å²) >= 11 is 0. The first kappa shape index (κ1) is 15.6. The van der Waals surface area contributed by atoms with E-state index in [1.165, 1.54) is 0 Å². The van der Waals surface area contributed by atoms with Crippen molar-refractivity contribution in [2.24, 2.45) is 17.3 Å². The molecule has 1 saturated heterocycles. The molecule has 0 spiro atoms. The lowest BCUT2D eigenvalue weighted by Gasteiger charge is -2.08. The zero-order valence-electron chi connectivity index (χ0n) is 13.2. The molecule has 0 aromatic carbocycles. The van der Waals surface area contributed by atoms with Crippen LogP contribution in [0.3, 0.4) is 0 Å². The van der Waals surface area contributed by atoms with Crippen molar-refractivity contribution in [1.82, 2.24) is 20.1 Å². The third-order valence-corrected chi connectivity index (χ3v) is 4.21. The van der Waals surface area contributed by atoms with Gasteiger partial charge in [-0.2, -0.15) is 20.3 Å². The van der Waals surface area contributed by atoms with Crippen molar-refractivity contribution in [2.45, 2.75) is 50.2 Å². The molecular formula is C15H21N7O. The van der Waals surface area contributed by atoms with Gasteiger partial charge >= 0.3 is 0 Å². The second-order valence-corrected chi connectivity index (χ2v) is 6.00. The molecular weight excluding hydrogens is 294 g/mol. The average Bonchev–Trinajstić information content (AvgIpc) is 2.94. The summed E-state index contributed by atoms with van der Waals surface area (Å²) < 4.78 is 1.60. The highest BCUT2D eigenvalue weighted by Gasteiger charge is 2.39. The molecule has 8 nitrogen and oxygen atoms in total. The molecule has 8 heteroatoms. The predicted molar refractivity (Wildman–Crippen MR) is 84.5 cm³/mol. The van der Waals surface area contributed by atoms with E-state index in [0.717, 1.165) is 25.2 Å². The van der Waals surface area contributed by atoms with Gasteiger partial charge in [-0.25, -0.2) is 4.68 Å². The fourth-order valence-electron chi connectivity index (χ4n) is 2.73. The number of carbonyl (C=O) groups excluding carboxylic acids is 1. The summed E-state index contributed by atoms with van der Waals surface area (Å²) in [6, 6.07) is 0.183. The smallest absolute Gasteiger partial charge is 0.227 e. The number of carbonyl (C=O) groups is 1. The molecule has 0 unspecified atom stereocenters. The Bertz CT molecular complexity index is 645. The third-order valence-electron chi connectivity index (χ3n) is 4.21. The zero-order chi connectivity index (χ0) is 16.3. The Morgan fingerprint density at radius 3 is 3.00 bits per heavy atom. The minimum atomic E-state index is -0.428. The van der Waals surface area contributed by atoms with Crippen LogP contribution in [0.4, 0.5) is 5.95 Å². The number of anilines is 1. The van der Waals surface area contributed by atoms with Crippen LogP contribution in [-0.4, -0.2) is 32.9 Å². The largest absolute Gasteiger partial charge is 0.307 e. The lowest BCUT2D eigenvalue weighted by atomic mass is 10.0. The van der Waals surface area contributed by atoms with Gasteiger partial charge in [0.05, 0.1) is 6.04 Å². The lowest BCUT2D eigenvalue weighted by Crippen LogP contribution is -2.19. The first-order chi connectivity index (χ1) is 11.1. The molecule has 122 valence electrons. The Morgan fingerprint density at radius 1 is 1.52 bits per heavy atom. The van der Waals surface area contributed by atoms with E-state index < -0.39 is 5.66 Å². The molecule has 1 fully saturated rings. The topological polar surface area (TPSA) is 96.6 Å². The van der Waals surface area contributed by atoms with Gasteiger partial charge < -0.3 is 5.32 Å². The quantitative estimate of drug-likeness (QED) is 0.746. The number of terminal acetylenes is 1. The average molecular weight is 315 g/mol. The number of rotatable bonds is 7. The molecule has 0 bridgehead atoms. The number of nitrogens with zero attached hydrogens (tertiary/aromatic N) is 5. The second-order valence-electron chi connectivity index (χ2n) is 6.00. The van der Waals surface area contributed by atoms with Gasteiger partial charge in [-0.1, -0.05) is 0 Å². The molecule has 23 heavy (non-hydrogen) atoms. The standard InChI is InChI=1S/C15H21N7O/c1-3-4-8-15(20-21-15)9-7-12(23)17-14-18-13(19-22(14)2)11-6-5-10-16-11/h1,11,16H,4-10H2,2H3,(H,17,18,19,23)/t11-/m1/s1. The van der Waals surface area contributed by atoms with Gasteiger partial charge in [0.1, 0.15) is 0 Å². The summed E-state index contributed by atoms with van der Waals surface area (Å²) in [6.07, 6.45) is 9.65. The van der Waals surface area contributed by atoms with Gasteiger partial charge in [0.25, 0.3) is 0 Å². The Balaban J connectivity index is 1.51. The highest BCUT2D eigenvalue weighted by molar-refractivity contribution is 5.89. The Morgan fingerprint density at radius 2 is 2.35 bits per heavy atom. The Labute approximate surface area is 135 Å². The van der Waals surface area contributed by atoms with Gasteiger partial charge in [-0.05, 0) is 19.4 Å². The molecule has 2 aliphatic rings. The van der Waals surface area contributed by atoms with Crippen LogP contribution < -0.4 is 10.6 Å². The van der Waals surface area contributed by atoms with E-state index in [9.17, 15) is 4.79 Å². The molecule has 1 atom stereocenters. The van der Waals surface area contributed by atoms with E-state index in [2.05, 4.69) is 36.9 Å².